The van der Waals surface area contributed by atoms with Gasteiger partial charge in [-0.25, -0.2) is 0 Å². The molecule has 0 bridgehead atoms. The van der Waals surface area contributed by atoms with Crippen molar-refractivity contribution in [1.82, 2.24) is 4.90 Å². The second-order valence-corrected chi connectivity index (χ2v) is 7.30. The van der Waals surface area contributed by atoms with Gasteiger partial charge in [-0.2, -0.15) is 0 Å². The molecule has 2 aliphatic heterocycles. The van der Waals surface area contributed by atoms with E-state index in [9.17, 15) is 0 Å². The van der Waals surface area contributed by atoms with Crippen molar-refractivity contribution >= 4 is 22.9 Å². The molecule has 2 aromatic rings. The summed E-state index contributed by atoms with van der Waals surface area (Å²) in [5.74, 6) is 0.944. The summed E-state index contributed by atoms with van der Waals surface area (Å²) in [6, 6.07) is 15.3. The van der Waals surface area contributed by atoms with Gasteiger partial charge >= 0.3 is 0 Å². The number of ether oxygens (including phenoxy) is 1. The first kappa shape index (κ1) is 14.9. The molecule has 0 spiro atoms. The van der Waals surface area contributed by atoms with Crippen LogP contribution in [-0.4, -0.2) is 32.1 Å². The maximum absolute atomic E-state index is 5.49. The smallest absolute Gasteiger partial charge is 0.119 e. The predicted octanol–water partition coefficient (Wildman–Crippen LogP) is 4.80. The fourth-order valence-electron chi connectivity index (χ4n) is 3.50. The fourth-order valence-corrected chi connectivity index (χ4v) is 4.61. The molecule has 3 heteroatoms. The van der Waals surface area contributed by atoms with E-state index in [2.05, 4.69) is 54.4 Å². The molecule has 0 aliphatic carbocycles. The van der Waals surface area contributed by atoms with Crippen LogP contribution < -0.4 is 4.74 Å². The van der Waals surface area contributed by atoms with E-state index in [0.29, 0.717) is 0 Å². The summed E-state index contributed by atoms with van der Waals surface area (Å²) in [5.41, 5.74) is 5.79. The highest BCUT2D eigenvalue weighted by Crippen LogP contribution is 2.47. The molecule has 0 unspecified atom stereocenters. The largest absolute Gasteiger partial charge is 0.497 e. The third-order valence-corrected chi connectivity index (χ3v) is 5.95. The van der Waals surface area contributed by atoms with Crippen LogP contribution in [0, 0.1) is 0 Å². The zero-order valence-electron chi connectivity index (χ0n) is 13.6. The molecule has 2 nitrogen and oxygen atoms in total. The summed E-state index contributed by atoms with van der Waals surface area (Å²) in [6.07, 6.45) is 2.21. The van der Waals surface area contributed by atoms with E-state index in [4.69, 9.17) is 4.74 Å². The highest BCUT2D eigenvalue weighted by molar-refractivity contribution is 7.99. The van der Waals surface area contributed by atoms with E-state index < -0.39 is 0 Å². The molecular formula is C20H21NOS. The molecule has 0 aromatic heterocycles. The number of methoxy groups -OCH3 is 1. The lowest BCUT2D eigenvalue weighted by molar-refractivity contribution is 0.356. The summed E-state index contributed by atoms with van der Waals surface area (Å²) in [4.78, 5) is 5.14. The standard InChI is InChI=1S/C20H21NOS/c1-21-11-9-15-16(10-12-21)18-13-14(22-2)7-8-20(18)23-19-6-4-3-5-17(15)19/h3-8,13H,9-12H2,1-2H3. The van der Waals surface area contributed by atoms with Crippen molar-refractivity contribution in [2.45, 2.75) is 22.6 Å². The first-order valence-electron chi connectivity index (χ1n) is 8.12. The zero-order valence-corrected chi connectivity index (χ0v) is 14.5. The van der Waals surface area contributed by atoms with E-state index in [0.717, 1.165) is 31.7 Å². The van der Waals surface area contributed by atoms with Crippen LogP contribution >= 0.6 is 11.8 Å². The van der Waals surface area contributed by atoms with Crippen molar-refractivity contribution in [2.24, 2.45) is 0 Å². The van der Waals surface area contributed by atoms with E-state index in [-0.39, 0.29) is 0 Å². The minimum Gasteiger partial charge on any atom is -0.497 e. The first-order chi connectivity index (χ1) is 11.3. The maximum atomic E-state index is 5.49. The molecule has 0 amide bonds. The van der Waals surface area contributed by atoms with Gasteiger partial charge in [-0.1, -0.05) is 30.0 Å². The molecule has 0 radical (unpaired) electrons. The molecule has 0 fully saturated rings. The summed E-state index contributed by atoms with van der Waals surface area (Å²) in [6.45, 7) is 2.24. The number of benzene rings is 2. The van der Waals surface area contributed by atoms with Crippen molar-refractivity contribution in [1.29, 1.82) is 0 Å². The Balaban J connectivity index is 1.96. The average Bonchev–Trinajstić information content (AvgIpc) is 2.84. The minimum atomic E-state index is 0.944. The Kier molecular flexibility index (Phi) is 3.92. The van der Waals surface area contributed by atoms with Crippen LogP contribution in [0.1, 0.15) is 24.0 Å². The van der Waals surface area contributed by atoms with Gasteiger partial charge in [0.25, 0.3) is 0 Å². The van der Waals surface area contributed by atoms with Crippen LogP contribution in [0.15, 0.2) is 52.3 Å². The number of nitrogens with zero attached hydrogens (tertiary/aromatic N) is 1. The van der Waals surface area contributed by atoms with Gasteiger partial charge in [-0.15, -0.1) is 0 Å². The molecule has 0 saturated carbocycles. The predicted molar refractivity (Wildman–Crippen MR) is 97.1 cm³/mol. The number of hydrogen-bond donors (Lipinski definition) is 0. The van der Waals surface area contributed by atoms with Crippen molar-refractivity contribution < 1.29 is 4.74 Å². The molecule has 0 N–H and O–H groups in total. The normalized spacial score (nSPS) is 17.7. The summed E-state index contributed by atoms with van der Waals surface area (Å²) < 4.78 is 5.49. The number of hydrogen-bond acceptors (Lipinski definition) is 3. The lowest BCUT2D eigenvalue weighted by Gasteiger charge is -2.14. The Morgan fingerprint density at radius 2 is 1.61 bits per heavy atom. The summed E-state index contributed by atoms with van der Waals surface area (Å²) >= 11 is 1.89. The van der Waals surface area contributed by atoms with Crippen LogP contribution in [0.3, 0.4) is 0 Å². The second kappa shape index (κ2) is 6.06. The van der Waals surface area contributed by atoms with Gasteiger partial charge in [-0.3, -0.25) is 0 Å². The molecule has 2 aliphatic rings. The zero-order chi connectivity index (χ0) is 15.8. The van der Waals surface area contributed by atoms with Crippen molar-refractivity contribution in [2.75, 3.05) is 27.2 Å². The van der Waals surface area contributed by atoms with Gasteiger partial charge in [0.05, 0.1) is 7.11 Å². The van der Waals surface area contributed by atoms with Gasteiger partial charge in [0.2, 0.25) is 0 Å². The van der Waals surface area contributed by atoms with Crippen molar-refractivity contribution in [3.05, 3.63) is 53.6 Å². The topological polar surface area (TPSA) is 12.5 Å². The van der Waals surface area contributed by atoms with Crippen LogP contribution in [-0.2, 0) is 0 Å². The lowest BCUT2D eigenvalue weighted by Crippen LogP contribution is -2.19. The van der Waals surface area contributed by atoms with Crippen LogP contribution in [0.25, 0.3) is 11.1 Å². The Hall–Kier alpha value is -1.71. The molecule has 4 rings (SSSR count). The van der Waals surface area contributed by atoms with E-state index in [1.807, 2.05) is 11.8 Å². The van der Waals surface area contributed by atoms with Crippen LogP contribution in [0.4, 0.5) is 0 Å². The molecule has 2 aromatic carbocycles. The van der Waals surface area contributed by atoms with E-state index in [1.165, 1.54) is 32.1 Å². The quantitative estimate of drug-likeness (QED) is 0.748. The van der Waals surface area contributed by atoms with E-state index >= 15 is 0 Å². The summed E-state index contributed by atoms with van der Waals surface area (Å²) in [5, 5.41) is 0. The molecular weight excluding hydrogens is 302 g/mol. The number of fused-ring (bicyclic) bond motifs is 4. The van der Waals surface area contributed by atoms with Gasteiger partial charge < -0.3 is 9.64 Å². The molecule has 2 heterocycles. The highest BCUT2D eigenvalue weighted by Gasteiger charge is 2.24. The molecule has 0 atom stereocenters. The maximum Gasteiger partial charge on any atom is 0.119 e. The van der Waals surface area contributed by atoms with Crippen LogP contribution in [0.2, 0.25) is 0 Å². The van der Waals surface area contributed by atoms with Crippen molar-refractivity contribution in [3.63, 3.8) is 0 Å². The Bertz CT molecular complexity index is 781. The van der Waals surface area contributed by atoms with E-state index in [1.54, 1.807) is 7.11 Å². The first-order valence-corrected chi connectivity index (χ1v) is 8.94. The Labute approximate surface area is 142 Å². The van der Waals surface area contributed by atoms with Gasteiger partial charge in [-0.05, 0) is 66.4 Å². The molecule has 118 valence electrons. The summed E-state index contributed by atoms with van der Waals surface area (Å²) in [7, 11) is 3.97. The monoisotopic (exact) mass is 323 g/mol. The minimum absolute atomic E-state index is 0.944. The Morgan fingerprint density at radius 1 is 0.913 bits per heavy atom. The molecule has 0 saturated heterocycles. The third kappa shape index (κ3) is 2.68. The lowest BCUT2D eigenvalue weighted by atomic mass is 9.91. The Morgan fingerprint density at radius 3 is 2.39 bits per heavy atom. The van der Waals surface area contributed by atoms with Gasteiger partial charge in [0.15, 0.2) is 0 Å². The van der Waals surface area contributed by atoms with Crippen LogP contribution in [0.5, 0.6) is 5.75 Å². The average molecular weight is 323 g/mol. The fraction of sp³-hybridized carbons (Fsp3) is 0.300. The second-order valence-electron chi connectivity index (χ2n) is 6.22. The van der Waals surface area contributed by atoms with Gasteiger partial charge in [0, 0.05) is 22.9 Å². The molecule has 23 heavy (non-hydrogen) atoms. The third-order valence-electron chi connectivity index (χ3n) is 4.80. The van der Waals surface area contributed by atoms with Gasteiger partial charge in [0.1, 0.15) is 5.75 Å². The van der Waals surface area contributed by atoms with Crippen molar-refractivity contribution in [3.8, 4) is 5.75 Å². The SMILES string of the molecule is COc1ccc2c(c1)C1=C(CCN(C)CC1)c1ccccc1S2. The highest BCUT2D eigenvalue weighted by atomic mass is 32.2. The number of rotatable bonds is 1.